The van der Waals surface area contributed by atoms with Gasteiger partial charge in [0, 0.05) is 24.8 Å². The van der Waals surface area contributed by atoms with E-state index in [2.05, 4.69) is 29.5 Å². The summed E-state index contributed by atoms with van der Waals surface area (Å²) in [5.74, 6) is 1.76. The molecular formula is C17H24N4O. The monoisotopic (exact) mass is 300 g/mol. The topological polar surface area (TPSA) is 56.7 Å². The Morgan fingerprint density at radius 1 is 1.41 bits per heavy atom. The first-order valence-corrected chi connectivity index (χ1v) is 8.12. The smallest absolute Gasteiger partial charge is 0.231 e. The Morgan fingerprint density at radius 2 is 2.18 bits per heavy atom. The molecule has 0 aromatic heterocycles. The molecule has 5 heteroatoms. The number of aliphatic imine (C=N–C) groups is 1. The highest BCUT2D eigenvalue weighted by Crippen LogP contribution is 2.29. The molecule has 5 nitrogen and oxygen atoms in total. The molecule has 1 saturated carbocycles. The molecule has 0 saturated heterocycles. The molecule has 118 valence electrons. The van der Waals surface area contributed by atoms with Crippen molar-refractivity contribution in [2.75, 3.05) is 24.5 Å². The second kappa shape index (κ2) is 6.38. The molecule has 0 spiro atoms. The molecule has 0 bridgehead atoms. The van der Waals surface area contributed by atoms with Gasteiger partial charge in [-0.25, -0.2) is 0 Å². The normalized spacial score (nSPS) is 23.5. The van der Waals surface area contributed by atoms with E-state index in [9.17, 15) is 4.79 Å². The van der Waals surface area contributed by atoms with Gasteiger partial charge in [-0.2, -0.15) is 0 Å². The van der Waals surface area contributed by atoms with Gasteiger partial charge in [0.25, 0.3) is 0 Å². The van der Waals surface area contributed by atoms with Crippen LogP contribution in [0.15, 0.2) is 29.3 Å². The van der Waals surface area contributed by atoms with Crippen LogP contribution in [0, 0.1) is 5.92 Å². The molecule has 2 unspecified atom stereocenters. The van der Waals surface area contributed by atoms with Crippen molar-refractivity contribution < 1.29 is 4.79 Å². The number of hydrogen-bond donors (Lipinski definition) is 2. The number of carbonyl (C=O) groups is 1. The molecule has 2 aliphatic rings. The van der Waals surface area contributed by atoms with Crippen LogP contribution in [0.5, 0.6) is 0 Å². The van der Waals surface area contributed by atoms with Crippen molar-refractivity contribution in [3.8, 4) is 0 Å². The lowest BCUT2D eigenvalue weighted by molar-refractivity contribution is -0.117. The summed E-state index contributed by atoms with van der Waals surface area (Å²) in [6.45, 7) is 6.39. The molecule has 1 aliphatic carbocycles. The first kappa shape index (κ1) is 14.9. The number of nitrogens with one attached hydrogen (secondary N) is 2. The zero-order valence-electron chi connectivity index (χ0n) is 13.3. The minimum absolute atomic E-state index is 0.171. The van der Waals surface area contributed by atoms with Gasteiger partial charge in [-0.15, -0.1) is 0 Å². The van der Waals surface area contributed by atoms with Crippen molar-refractivity contribution in [3.63, 3.8) is 0 Å². The lowest BCUT2D eigenvalue weighted by atomic mass is 10.2. The van der Waals surface area contributed by atoms with E-state index in [-0.39, 0.29) is 5.91 Å². The summed E-state index contributed by atoms with van der Waals surface area (Å²) in [4.78, 5) is 18.6. The quantitative estimate of drug-likeness (QED) is 0.640. The molecule has 1 amide bonds. The van der Waals surface area contributed by atoms with Crippen LogP contribution >= 0.6 is 0 Å². The Bertz CT molecular complexity index is 584. The van der Waals surface area contributed by atoms with E-state index in [1.54, 1.807) is 0 Å². The Labute approximate surface area is 131 Å². The number of anilines is 1. The molecule has 1 fully saturated rings. The van der Waals surface area contributed by atoms with Crippen LogP contribution in [0.2, 0.25) is 0 Å². The van der Waals surface area contributed by atoms with Gasteiger partial charge in [-0.05, 0) is 30.9 Å². The van der Waals surface area contributed by atoms with Gasteiger partial charge in [0.15, 0.2) is 5.96 Å². The minimum Gasteiger partial charge on any atom is -0.357 e. The fourth-order valence-corrected chi connectivity index (χ4v) is 2.84. The van der Waals surface area contributed by atoms with E-state index >= 15 is 0 Å². The van der Waals surface area contributed by atoms with Gasteiger partial charge in [0.1, 0.15) is 0 Å². The lowest BCUT2D eigenvalue weighted by Crippen LogP contribution is -2.40. The van der Waals surface area contributed by atoms with Crippen LogP contribution in [-0.2, 0) is 11.2 Å². The third-order valence-corrected chi connectivity index (χ3v) is 4.29. The van der Waals surface area contributed by atoms with Crippen molar-refractivity contribution in [2.45, 2.75) is 32.7 Å². The Kier molecular flexibility index (Phi) is 4.32. The van der Waals surface area contributed by atoms with Crippen LogP contribution in [-0.4, -0.2) is 37.5 Å². The highest BCUT2D eigenvalue weighted by Gasteiger charge is 2.33. The summed E-state index contributed by atoms with van der Waals surface area (Å²) >= 11 is 0. The summed E-state index contributed by atoms with van der Waals surface area (Å²) in [5, 5.41) is 6.70. The van der Waals surface area contributed by atoms with E-state index < -0.39 is 0 Å². The number of rotatable bonds is 5. The van der Waals surface area contributed by atoms with Crippen LogP contribution in [0.25, 0.3) is 0 Å². The molecule has 22 heavy (non-hydrogen) atoms. The number of amides is 1. The maximum Gasteiger partial charge on any atom is 0.231 e. The van der Waals surface area contributed by atoms with Gasteiger partial charge in [0.05, 0.1) is 13.0 Å². The van der Waals surface area contributed by atoms with E-state index in [0.717, 1.165) is 29.7 Å². The standard InChI is InChI=1S/C17H24N4O/c1-3-18-17(20-14-10-12(14)2)19-8-9-21-15-7-5-4-6-13(15)11-16(21)22/h4-7,12,14H,3,8-11H2,1-2H3,(H2,18,19,20). The fraction of sp³-hybridized carbons (Fsp3) is 0.529. The fourth-order valence-electron chi connectivity index (χ4n) is 2.84. The van der Waals surface area contributed by atoms with Crippen molar-refractivity contribution in [1.29, 1.82) is 0 Å². The summed E-state index contributed by atoms with van der Waals surface area (Å²) < 4.78 is 0. The molecule has 1 aliphatic heterocycles. The molecule has 2 N–H and O–H groups in total. The van der Waals surface area contributed by atoms with Crippen molar-refractivity contribution in [2.24, 2.45) is 10.9 Å². The second-order valence-electron chi connectivity index (χ2n) is 6.08. The number of nitrogens with zero attached hydrogens (tertiary/aromatic N) is 2. The minimum atomic E-state index is 0.171. The van der Waals surface area contributed by atoms with Crippen LogP contribution < -0.4 is 15.5 Å². The molecule has 3 rings (SSSR count). The summed E-state index contributed by atoms with van der Waals surface area (Å²) in [7, 11) is 0. The molecule has 2 atom stereocenters. The third-order valence-electron chi connectivity index (χ3n) is 4.29. The number of para-hydroxylation sites is 1. The molecule has 1 aromatic rings. The molecular weight excluding hydrogens is 276 g/mol. The molecule has 0 radical (unpaired) electrons. The first-order chi connectivity index (χ1) is 10.7. The number of fused-ring (bicyclic) bond motifs is 1. The Hall–Kier alpha value is -2.04. The summed E-state index contributed by atoms with van der Waals surface area (Å²) in [5.41, 5.74) is 2.16. The third kappa shape index (κ3) is 3.24. The van der Waals surface area contributed by atoms with Crippen molar-refractivity contribution >= 4 is 17.6 Å². The van der Waals surface area contributed by atoms with Gasteiger partial charge in [-0.1, -0.05) is 25.1 Å². The van der Waals surface area contributed by atoms with Gasteiger partial charge in [-0.3, -0.25) is 9.79 Å². The zero-order chi connectivity index (χ0) is 15.5. The average molecular weight is 300 g/mol. The van der Waals surface area contributed by atoms with E-state index in [4.69, 9.17) is 0 Å². The van der Waals surface area contributed by atoms with Gasteiger partial charge < -0.3 is 15.5 Å². The first-order valence-electron chi connectivity index (χ1n) is 8.12. The predicted molar refractivity (Wildman–Crippen MR) is 89.2 cm³/mol. The Balaban J connectivity index is 1.59. The Morgan fingerprint density at radius 3 is 2.91 bits per heavy atom. The molecule has 1 heterocycles. The number of carbonyl (C=O) groups excluding carboxylic acids is 1. The molecule has 1 aromatic carbocycles. The van der Waals surface area contributed by atoms with Gasteiger partial charge in [0.2, 0.25) is 5.91 Å². The van der Waals surface area contributed by atoms with E-state index in [0.29, 0.717) is 25.6 Å². The van der Waals surface area contributed by atoms with Crippen LogP contribution in [0.1, 0.15) is 25.8 Å². The largest absolute Gasteiger partial charge is 0.357 e. The maximum absolute atomic E-state index is 12.1. The van der Waals surface area contributed by atoms with Crippen LogP contribution in [0.4, 0.5) is 5.69 Å². The van der Waals surface area contributed by atoms with E-state index in [1.165, 1.54) is 6.42 Å². The number of benzene rings is 1. The zero-order valence-corrected chi connectivity index (χ0v) is 13.3. The highest BCUT2D eigenvalue weighted by molar-refractivity contribution is 6.01. The van der Waals surface area contributed by atoms with Crippen molar-refractivity contribution in [1.82, 2.24) is 10.6 Å². The van der Waals surface area contributed by atoms with Crippen LogP contribution in [0.3, 0.4) is 0 Å². The van der Waals surface area contributed by atoms with Crippen molar-refractivity contribution in [3.05, 3.63) is 29.8 Å². The second-order valence-corrected chi connectivity index (χ2v) is 6.08. The van der Waals surface area contributed by atoms with E-state index in [1.807, 2.05) is 29.2 Å². The summed E-state index contributed by atoms with van der Waals surface area (Å²) in [6, 6.07) is 8.55. The SMILES string of the molecule is CCNC(=NCCN1C(=O)Cc2ccccc21)NC1CC1C. The van der Waals surface area contributed by atoms with Gasteiger partial charge >= 0.3 is 0 Å². The predicted octanol–water partition coefficient (Wildman–Crippen LogP) is 1.54. The highest BCUT2D eigenvalue weighted by atomic mass is 16.2. The number of hydrogen-bond acceptors (Lipinski definition) is 2. The lowest BCUT2D eigenvalue weighted by Gasteiger charge is -2.17. The number of guanidine groups is 1. The average Bonchev–Trinajstić information content (AvgIpc) is 3.09. The maximum atomic E-state index is 12.1. The summed E-state index contributed by atoms with van der Waals surface area (Å²) in [6.07, 6.45) is 1.72.